The molecule has 1 saturated carbocycles. The number of hydrogen-bond acceptors (Lipinski definition) is 3. The van der Waals surface area contributed by atoms with E-state index >= 15 is 0 Å². The van der Waals surface area contributed by atoms with Crippen molar-refractivity contribution in [1.82, 2.24) is 0 Å². The van der Waals surface area contributed by atoms with Gasteiger partial charge in [-0.25, -0.2) is 0 Å². The van der Waals surface area contributed by atoms with Crippen LogP contribution in [0.3, 0.4) is 0 Å². The molecule has 0 bridgehead atoms. The zero-order chi connectivity index (χ0) is 15.3. The van der Waals surface area contributed by atoms with Crippen LogP contribution in [0.5, 0.6) is 0 Å². The molecule has 3 nitrogen and oxygen atoms in total. The summed E-state index contributed by atoms with van der Waals surface area (Å²) in [7, 11) is 0. The Labute approximate surface area is 124 Å². The van der Waals surface area contributed by atoms with Gasteiger partial charge in [-0.05, 0) is 64.7 Å². The van der Waals surface area contributed by atoms with Crippen molar-refractivity contribution in [1.29, 1.82) is 0 Å². The maximum absolute atomic E-state index is 12.1. The van der Waals surface area contributed by atoms with Crippen LogP contribution in [0.25, 0.3) is 0 Å². The number of rotatable bonds is 5. The molecule has 0 spiro atoms. The van der Waals surface area contributed by atoms with Crippen LogP contribution in [0.15, 0.2) is 0 Å². The largest absolute Gasteiger partial charge is 0.460 e. The molecule has 1 aliphatic rings. The molecular weight excluding hydrogens is 252 g/mol. The fraction of sp³-hybridized carbons (Fsp3) is 0.941. The van der Waals surface area contributed by atoms with E-state index in [9.17, 15) is 9.90 Å². The highest BCUT2D eigenvalue weighted by Gasteiger charge is 2.30. The number of hydrogen-bond donors (Lipinski definition) is 1. The van der Waals surface area contributed by atoms with Gasteiger partial charge in [0.15, 0.2) is 0 Å². The Morgan fingerprint density at radius 3 is 2.25 bits per heavy atom. The summed E-state index contributed by atoms with van der Waals surface area (Å²) in [5.74, 6) is 1.12. The number of aliphatic hydroxyl groups is 1. The van der Waals surface area contributed by atoms with Crippen molar-refractivity contribution in [3.63, 3.8) is 0 Å². The first-order valence-corrected chi connectivity index (χ1v) is 8.13. The molecular formula is C17H32O3. The van der Waals surface area contributed by atoms with E-state index in [4.69, 9.17) is 4.74 Å². The van der Waals surface area contributed by atoms with Gasteiger partial charge < -0.3 is 9.84 Å². The first-order valence-electron chi connectivity index (χ1n) is 8.13. The molecule has 0 aromatic carbocycles. The molecule has 0 radical (unpaired) electrons. The van der Waals surface area contributed by atoms with Crippen molar-refractivity contribution in [3.8, 4) is 0 Å². The Balaban J connectivity index is 2.49. The highest BCUT2D eigenvalue weighted by Crippen LogP contribution is 2.35. The summed E-state index contributed by atoms with van der Waals surface area (Å²) in [6, 6.07) is 0. The van der Waals surface area contributed by atoms with Crippen LogP contribution in [-0.2, 0) is 9.53 Å². The molecule has 0 aliphatic heterocycles. The molecule has 118 valence electrons. The number of carbonyl (C=O) groups is 1. The number of ether oxygens (including phenoxy) is 1. The second-order valence-electron chi connectivity index (χ2n) is 7.41. The van der Waals surface area contributed by atoms with E-state index in [-0.39, 0.29) is 18.0 Å². The summed E-state index contributed by atoms with van der Waals surface area (Å²) >= 11 is 0. The van der Waals surface area contributed by atoms with Crippen LogP contribution in [-0.4, -0.2) is 22.8 Å². The van der Waals surface area contributed by atoms with Gasteiger partial charge in [0.25, 0.3) is 0 Å². The Bertz CT molecular complexity index is 298. The van der Waals surface area contributed by atoms with E-state index in [0.717, 1.165) is 38.5 Å². The van der Waals surface area contributed by atoms with E-state index in [2.05, 4.69) is 6.92 Å². The quantitative estimate of drug-likeness (QED) is 0.778. The van der Waals surface area contributed by atoms with Crippen LogP contribution in [0.2, 0.25) is 0 Å². The molecule has 3 heteroatoms. The fourth-order valence-corrected chi connectivity index (χ4v) is 3.22. The first kappa shape index (κ1) is 17.5. The Hall–Kier alpha value is -0.570. The lowest BCUT2D eigenvalue weighted by molar-refractivity contribution is -0.160. The van der Waals surface area contributed by atoms with Gasteiger partial charge in [0.2, 0.25) is 0 Å². The Morgan fingerprint density at radius 1 is 1.25 bits per heavy atom. The van der Waals surface area contributed by atoms with Gasteiger partial charge >= 0.3 is 5.97 Å². The molecule has 1 rings (SSSR count). The van der Waals surface area contributed by atoms with Crippen LogP contribution >= 0.6 is 0 Å². The van der Waals surface area contributed by atoms with Crippen molar-refractivity contribution in [2.75, 3.05) is 0 Å². The predicted molar refractivity (Wildman–Crippen MR) is 81.4 cm³/mol. The Morgan fingerprint density at radius 2 is 1.80 bits per heavy atom. The minimum atomic E-state index is -0.401. The third-order valence-corrected chi connectivity index (χ3v) is 4.40. The van der Waals surface area contributed by atoms with E-state index in [1.807, 2.05) is 27.7 Å². The fourth-order valence-electron chi connectivity index (χ4n) is 3.22. The molecule has 1 fully saturated rings. The maximum atomic E-state index is 12.1. The van der Waals surface area contributed by atoms with Gasteiger partial charge in [0.1, 0.15) is 5.60 Å². The third kappa shape index (κ3) is 5.82. The van der Waals surface area contributed by atoms with Gasteiger partial charge in [-0.1, -0.05) is 20.3 Å². The van der Waals surface area contributed by atoms with Crippen LogP contribution in [0.1, 0.15) is 73.1 Å². The van der Waals surface area contributed by atoms with E-state index in [1.54, 1.807) is 0 Å². The lowest BCUT2D eigenvalue weighted by Crippen LogP contribution is -2.30. The highest BCUT2D eigenvalue weighted by molar-refractivity contribution is 5.72. The molecule has 1 N–H and O–H groups in total. The van der Waals surface area contributed by atoms with Crippen LogP contribution in [0, 0.1) is 17.8 Å². The molecule has 2 atom stereocenters. The van der Waals surface area contributed by atoms with Crippen LogP contribution in [0.4, 0.5) is 0 Å². The number of esters is 1. The van der Waals surface area contributed by atoms with E-state index < -0.39 is 5.60 Å². The van der Waals surface area contributed by atoms with Gasteiger partial charge in [-0.15, -0.1) is 0 Å². The molecule has 0 heterocycles. The van der Waals surface area contributed by atoms with Gasteiger partial charge in [0, 0.05) is 0 Å². The zero-order valence-corrected chi connectivity index (χ0v) is 13.8. The second-order valence-corrected chi connectivity index (χ2v) is 7.41. The molecule has 2 unspecified atom stereocenters. The molecule has 0 aromatic heterocycles. The number of carbonyl (C=O) groups excluding carboxylic acids is 1. The molecule has 0 amide bonds. The minimum absolute atomic E-state index is 0.0361. The summed E-state index contributed by atoms with van der Waals surface area (Å²) in [5.41, 5.74) is -0.401. The third-order valence-electron chi connectivity index (χ3n) is 4.40. The minimum Gasteiger partial charge on any atom is -0.460 e. The smallest absolute Gasteiger partial charge is 0.309 e. The van der Waals surface area contributed by atoms with Gasteiger partial charge in [0.05, 0.1) is 12.0 Å². The summed E-state index contributed by atoms with van der Waals surface area (Å²) in [5, 5.41) is 9.61. The molecule has 0 saturated heterocycles. The first-order chi connectivity index (χ1) is 9.23. The summed E-state index contributed by atoms with van der Waals surface area (Å²) in [6.07, 6.45) is 5.94. The van der Waals surface area contributed by atoms with Crippen molar-refractivity contribution < 1.29 is 14.6 Å². The average Bonchev–Trinajstić information content (AvgIpc) is 2.34. The zero-order valence-electron chi connectivity index (χ0n) is 13.8. The van der Waals surface area contributed by atoms with Crippen LogP contribution < -0.4 is 0 Å². The predicted octanol–water partition coefficient (Wildman–Crippen LogP) is 3.93. The summed E-state index contributed by atoms with van der Waals surface area (Å²) in [6.45, 7) is 9.93. The monoisotopic (exact) mass is 284 g/mol. The van der Waals surface area contributed by atoms with Crippen molar-refractivity contribution in [2.45, 2.75) is 84.8 Å². The Kier molecular flexibility index (Phi) is 6.50. The van der Waals surface area contributed by atoms with E-state index in [1.165, 1.54) is 0 Å². The van der Waals surface area contributed by atoms with Crippen molar-refractivity contribution >= 4 is 5.97 Å². The van der Waals surface area contributed by atoms with Gasteiger partial charge in [-0.2, -0.15) is 0 Å². The topological polar surface area (TPSA) is 46.5 Å². The van der Waals surface area contributed by atoms with Crippen molar-refractivity contribution in [2.24, 2.45) is 17.8 Å². The van der Waals surface area contributed by atoms with E-state index in [0.29, 0.717) is 11.8 Å². The average molecular weight is 284 g/mol. The maximum Gasteiger partial charge on any atom is 0.309 e. The SMILES string of the molecule is CCC(CC(C)C(=O)OC(C)(C)C)C1CCC(O)CC1. The van der Waals surface area contributed by atoms with Crippen molar-refractivity contribution in [3.05, 3.63) is 0 Å². The lowest BCUT2D eigenvalue weighted by Gasteiger charge is -2.33. The van der Waals surface area contributed by atoms with Gasteiger partial charge in [-0.3, -0.25) is 4.79 Å². The normalized spacial score (nSPS) is 26.9. The summed E-state index contributed by atoms with van der Waals surface area (Å²) in [4.78, 5) is 12.1. The molecule has 20 heavy (non-hydrogen) atoms. The number of aliphatic hydroxyl groups excluding tert-OH is 1. The summed E-state index contributed by atoms with van der Waals surface area (Å²) < 4.78 is 5.47. The molecule has 0 aromatic rings. The second kappa shape index (κ2) is 7.44. The standard InChI is InChI=1S/C17H32O3/c1-6-13(14-7-9-15(18)10-8-14)11-12(2)16(19)20-17(3,4)5/h12-15,18H,6-11H2,1-5H3. The highest BCUT2D eigenvalue weighted by atomic mass is 16.6. The lowest BCUT2D eigenvalue weighted by atomic mass is 9.74. The molecule has 1 aliphatic carbocycles.